The zero-order chi connectivity index (χ0) is 21.8. The fourth-order valence-electron chi connectivity index (χ4n) is 3.14. The van der Waals surface area contributed by atoms with Crippen LogP contribution in [0.5, 0.6) is 11.5 Å². The Hall–Kier alpha value is -3.66. The lowest BCUT2D eigenvalue weighted by atomic mass is 10.1. The molecule has 2 N–H and O–H groups in total. The number of methoxy groups -OCH3 is 2. The van der Waals surface area contributed by atoms with E-state index in [1.54, 1.807) is 26.4 Å². The number of aromatic nitrogens is 4. The minimum absolute atomic E-state index is 0.324. The highest BCUT2D eigenvalue weighted by Crippen LogP contribution is 2.38. The summed E-state index contributed by atoms with van der Waals surface area (Å²) in [6.45, 7) is 0.607. The van der Waals surface area contributed by atoms with Crippen molar-refractivity contribution in [2.75, 3.05) is 20.0 Å². The molecule has 158 valence electrons. The van der Waals surface area contributed by atoms with Crippen molar-refractivity contribution in [2.24, 2.45) is 5.18 Å². The maximum absolute atomic E-state index is 10.6. The quantitative estimate of drug-likeness (QED) is 0.408. The van der Waals surface area contributed by atoms with Crippen LogP contribution in [-0.4, -0.2) is 33.7 Å². The number of nitrogens with two attached hydrogens (primary N) is 1. The largest absolute Gasteiger partial charge is 0.497 e. The smallest absolute Gasteiger partial charge is 0.175 e. The van der Waals surface area contributed by atoms with Crippen LogP contribution in [0.4, 0.5) is 11.5 Å². The molecular weight excluding hydrogens is 416 g/mol. The van der Waals surface area contributed by atoms with Gasteiger partial charge in [0.25, 0.3) is 0 Å². The molecule has 0 radical (unpaired) electrons. The van der Waals surface area contributed by atoms with E-state index in [0.717, 1.165) is 10.5 Å². The lowest BCUT2D eigenvalue weighted by Gasteiger charge is -2.12. The molecule has 2 aromatic carbocycles. The van der Waals surface area contributed by atoms with Crippen molar-refractivity contribution in [3.05, 3.63) is 59.3 Å². The normalized spacial score (nSPS) is 10.9. The van der Waals surface area contributed by atoms with E-state index in [9.17, 15) is 4.91 Å². The van der Waals surface area contributed by atoms with Crippen LogP contribution in [0.25, 0.3) is 11.2 Å². The van der Waals surface area contributed by atoms with E-state index in [1.807, 2.05) is 34.9 Å². The zero-order valence-electron chi connectivity index (χ0n) is 17.0. The van der Waals surface area contributed by atoms with Crippen molar-refractivity contribution in [3.8, 4) is 11.5 Å². The highest BCUT2D eigenvalue weighted by molar-refractivity contribution is 7.99. The Labute approximate surface area is 182 Å². The molecule has 10 heteroatoms. The minimum atomic E-state index is 0.324. The monoisotopic (exact) mass is 436 g/mol. The van der Waals surface area contributed by atoms with Crippen molar-refractivity contribution in [2.45, 2.75) is 23.0 Å². The predicted molar refractivity (Wildman–Crippen MR) is 119 cm³/mol. The van der Waals surface area contributed by atoms with Gasteiger partial charge in [0.2, 0.25) is 0 Å². The number of anilines is 1. The van der Waals surface area contributed by atoms with Gasteiger partial charge in [-0.15, -0.1) is 4.91 Å². The van der Waals surface area contributed by atoms with E-state index in [2.05, 4.69) is 15.1 Å². The number of fused-ring (bicyclic) bond motifs is 1. The van der Waals surface area contributed by atoms with Crippen molar-refractivity contribution < 1.29 is 9.47 Å². The van der Waals surface area contributed by atoms with Gasteiger partial charge >= 0.3 is 0 Å². The Bertz CT molecular complexity index is 1230. The molecule has 0 amide bonds. The molecule has 0 fully saturated rings. The molecule has 31 heavy (non-hydrogen) atoms. The van der Waals surface area contributed by atoms with Crippen molar-refractivity contribution in [1.29, 1.82) is 0 Å². The number of hydrogen-bond acceptors (Lipinski definition) is 9. The van der Waals surface area contributed by atoms with Gasteiger partial charge < -0.3 is 19.8 Å². The Morgan fingerprint density at radius 3 is 2.61 bits per heavy atom. The van der Waals surface area contributed by atoms with Crippen LogP contribution in [0.15, 0.2) is 64.0 Å². The molecule has 9 nitrogen and oxygen atoms in total. The molecule has 4 rings (SSSR count). The number of benzene rings is 2. The number of nitroso groups, excluding NO2 is 1. The van der Waals surface area contributed by atoms with Crippen LogP contribution in [0.1, 0.15) is 5.56 Å². The van der Waals surface area contributed by atoms with Crippen LogP contribution in [-0.2, 0) is 13.0 Å². The molecule has 0 unspecified atom stereocenters. The second kappa shape index (κ2) is 9.00. The summed E-state index contributed by atoms with van der Waals surface area (Å²) in [4.78, 5) is 24.7. The first-order valence-electron chi connectivity index (χ1n) is 9.42. The fourth-order valence-corrected chi connectivity index (χ4v) is 4.19. The van der Waals surface area contributed by atoms with Crippen LogP contribution < -0.4 is 15.2 Å². The van der Waals surface area contributed by atoms with E-state index in [4.69, 9.17) is 20.2 Å². The molecule has 0 aliphatic heterocycles. The van der Waals surface area contributed by atoms with Crippen molar-refractivity contribution >= 4 is 34.4 Å². The summed E-state index contributed by atoms with van der Waals surface area (Å²) in [6, 6.07) is 12.8. The topological polar surface area (TPSA) is 118 Å². The first kappa shape index (κ1) is 20.6. The van der Waals surface area contributed by atoms with Gasteiger partial charge in [0.15, 0.2) is 22.1 Å². The summed E-state index contributed by atoms with van der Waals surface area (Å²) in [5.74, 6) is 1.75. The third-order valence-electron chi connectivity index (χ3n) is 4.76. The average molecular weight is 436 g/mol. The molecule has 0 spiro atoms. The van der Waals surface area contributed by atoms with Crippen LogP contribution >= 0.6 is 11.8 Å². The van der Waals surface area contributed by atoms with E-state index < -0.39 is 0 Å². The second-order valence-electron chi connectivity index (χ2n) is 6.60. The summed E-state index contributed by atoms with van der Waals surface area (Å²) in [5.41, 5.74) is 8.72. The Morgan fingerprint density at radius 2 is 1.90 bits per heavy atom. The van der Waals surface area contributed by atoms with Gasteiger partial charge in [-0.05, 0) is 59.3 Å². The summed E-state index contributed by atoms with van der Waals surface area (Å²) >= 11 is 1.44. The minimum Gasteiger partial charge on any atom is -0.497 e. The zero-order valence-corrected chi connectivity index (χ0v) is 17.8. The molecule has 0 aliphatic rings. The third kappa shape index (κ3) is 4.29. The van der Waals surface area contributed by atoms with Gasteiger partial charge in [-0.1, -0.05) is 12.1 Å². The number of hydrogen-bond donors (Lipinski definition) is 1. The highest BCUT2D eigenvalue weighted by atomic mass is 32.2. The number of ether oxygens (including phenoxy) is 2. The summed E-state index contributed by atoms with van der Waals surface area (Å²) in [6.07, 6.45) is 2.14. The number of aryl methyl sites for hydroxylation is 2. The first-order chi connectivity index (χ1) is 15.1. The van der Waals surface area contributed by atoms with Crippen LogP contribution in [0.3, 0.4) is 0 Å². The molecule has 2 aromatic heterocycles. The Kier molecular flexibility index (Phi) is 5.99. The molecule has 0 saturated carbocycles. The molecule has 0 saturated heterocycles. The van der Waals surface area contributed by atoms with Gasteiger partial charge in [0.05, 0.1) is 19.1 Å². The van der Waals surface area contributed by atoms with Gasteiger partial charge in [0.1, 0.15) is 23.5 Å². The SMILES string of the molecule is COc1ccc(OC)c(Sc2nc3c(N)ncnc3n2CCc2ccc(N=O)cc2)c1. The second-order valence-corrected chi connectivity index (χ2v) is 7.61. The number of nitrogens with zero attached hydrogens (tertiary/aromatic N) is 5. The van der Waals surface area contributed by atoms with Crippen LogP contribution in [0.2, 0.25) is 0 Å². The van der Waals surface area contributed by atoms with Gasteiger partial charge in [-0.25, -0.2) is 15.0 Å². The summed E-state index contributed by atoms with van der Waals surface area (Å²) < 4.78 is 12.9. The van der Waals surface area contributed by atoms with Crippen molar-refractivity contribution in [1.82, 2.24) is 19.5 Å². The molecule has 0 atom stereocenters. The maximum atomic E-state index is 10.6. The Balaban J connectivity index is 1.71. The van der Waals surface area contributed by atoms with E-state index >= 15 is 0 Å². The summed E-state index contributed by atoms with van der Waals surface area (Å²) in [7, 11) is 3.24. The predicted octanol–water partition coefficient (Wildman–Crippen LogP) is 4.22. The van der Waals surface area contributed by atoms with Crippen molar-refractivity contribution in [3.63, 3.8) is 0 Å². The van der Waals surface area contributed by atoms with E-state index in [-0.39, 0.29) is 0 Å². The third-order valence-corrected chi connectivity index (χ3v) is 5.80. The summed E-state index contributed by atoms with van der Waals surface area (Å²) in [5, 5.41) is 3.65. The fraction of sp³-hybridized carbons (Fsp3) is 0.190. The maximum Gasteiger partial charge on any atom is 0.175 e. The van der Waals surface area contributed by atoms with E-state index in [0.29, 0.717) is 52.3 Å². The molecule has 2 heterocycles. The van der Waals surface area contributed by atoms with Crippen LogP contribution in [0, 0.1) is 4.91 Å². The molecule has 4 aromatic rings. The number of nitrogen functional groups attached to an aromatic ring is 1. The number of imidazole rings is 1. The molecular formula is C21H20N6O3S. The Morgan fingerprint density at radius 1 is 1.10 bits per heavy atom. The lowest BCUT2D eigenvalue weighted by molar-refractivity contribution is 0.394. The molecule has 0 aliphatic carbocycles. The van der Waals surface area contributed by atoms with Gasteiger partial charge in [-0.3, -0.25) is 0 Å². The standard InChI is InChI=1S/C21H20N6O3S/c1-29-15-7-8-16(30-2)17(11-15)31-21-25-18-19(22)23-12-24-20(18)27(21)10-9-13-3-5-14(26-28)6-4-13/h3-8,11-12H,9-10H2,1-2H3,(H2,22,23,24). The van der Waals surface area contributed by atoms with Gasteiger partial charge in [0, 0.05) is 6.54 Å². The first-order valence-corrected chi connectivity index (χ1v) is 10.2. The molecule has 0 bridgehead atoms. The highest BCUT2D eigenvalue weighted by Gasteiger charge is 2.18. The lowest BCUT2D eigenvalue weighted by Crippen LogP contribution is -2.04. The van der Waals surface area contributed by atoms with Gasteiger partial charge in [-0.2, -0.15) is 0 Å². The average Bonchev–Trinajstić information content (AvgIpc) is 3.16. The van der Waals surface area contributed by atoms with E-state index in [1.165, 1.54) is 18.1 Å². The number of rotatable bonds is 8.